The molecule has 0 spiro atoms. The van der Waals surface area contributed by atoms with Crippen LogP contribution in [0.3, 0.4) is 0 Å². The van der Waals surface area contributed by atoms with Crippen molar-refractivity contribution in [3.63, 3.8) is 0 Å². The minimum absolute atomic E-state index is 0.484. The molecule has 0 aromatic heterocycles. The van der Waals surface area contributed by atoms with E-state index in [9.17, 15) is 22.8 Å². The molecule has 0 bridgehead atoms. The molecule has 0 fully saturated rings. The third-order valence-corrected chi connectivity index (χ3v) is 4.50. The van der Waals surface area contributed by atoms with E-state index in [0.717, 1.165) is 12.2 Å². The van der Waals surface area contributed by atoms with Gasteiger partial charge in [0, 0.05) is 5.69 Å². The van der Waals surface area contributed by atoms with E-state index in [1.807, 2.05) is 0 Å². The number of rotatable bonds is 7. The van der Waals surface area contributed by atoms with Crippen LogP contribution in [0.2, 0.25) is 0 Å². The van der Waals surface area contributed by atoms with E-state index < -0.39 is 40.8 Å². The van der Waals surface area contributed by atoms with Gasteiger partial charge in [0.05, 0.1) is 23.1 Å². The molecule has 2 N–H and O–H groups in total. The number of hydrogen-bond donors (Lipinski definition) is 2. The quantitative estimate of drug-likeness (QED) is 0.500. The molecule has 0 radical (unpaired) electrons. The average molecular weight is 439 g/mol. The van der Waals surface area contributed by atoms with Gasteiger partial charge in [-0.1, -0.05) is 29.4 Å². The minimum atomic E-state index is -4.95. The second kappa shape index (κ2) is 9.23. The molecule has 10 heteroatoms. The Balaban J connectivity index is 2.37. The fourth-order valence-corrected chi connectivity index (χ4v) is 2.97. The minimum Gasteiger partial charge on any atom is -0.406 e. The van der Waals surface area contributed by atoms with Gasteiger partial charge in [-0.15, -0.1) is 13.2 Å². The number of anilines is 1. The van der Waals surface area contributed by atoms with E-state index in [1.54, 1.807) is 44.2 Å². The lowest BCUT2D eigenvalue weighted by molar-refractivity contribution is -0.303. The van der Waals surface area contributed by atoms with Crippen LogP contribution < -0.4 is 10.6 Å². The monoisotopic (exact) mass is 439 g/mol. The second-order valence-electron chi connectivity index (χ2n) is 7.66. The summed E-state index contributed by atoms with van der Waals surface area (Å²) in [6, 6.07) is 8.50. The maximum Gasteiger partial charge on any atom is 0.573 e. The standard InChI is InChI=1S/C21H24F3N3O4/c1-19(2,13-25-30-4)27-18(29)20(3)12-15(31-21(22,23)24)10-11-16(20)17(28)26-14-8-6-5-7-9-14/h5-13,16H,1-4H3,(H,26,28)(H,27,29). The number of alkyl halides is 3. The lowest BCUT2D eigenvalue weighted by atomic mass is 9.72. The van der Waals surface area contributed by atoms with E-state index in [2.05, 4.69) is 25.4 Å². The Morgan fingerprint density at radius 2 is 1.84 bits per heavy atom. The van der Waals surface area contributed by atoms with Crippen molar-refractivity contribution in [3.8, 4) is 0 Å². The van der Waals surface area contributed by atoms with Crippen molar-refractivity contribution in [3.05, 3.63) is 54.3 Å². The molecule has 0 aliphatic heterocycles. The second-order valence-corrected chi connectivity index (χ2v) is 7.66. The Kier molecular flexibility index (Phi) is 7.14. The number of benzene rings is 1. The summed E-state index contributed by atoms with van der Waals surface area (Å²) in [5, 5.41) is 8.96. The number of carbonyl (C=O) groups excluding carboxylic acids is 2. The molecule has 1 aliphatic rings. The largest absolute Gasteiger partial charge is 0.573 e. The van der Waals surface area contributed by atoms with Crippen molar-refractivity contribution in [2.75, 3.05) is 12.4 Å². The smallest absolute Gasteiger partial charge is 0.406 e. The van der Waals surface area contributed by atoms with Gasteiger partial charge in [-0.25, -0.2) is 0 Å². The molecular weight excluding hydrogens is 415 g/mol. The van der Waals surface area contributed by atoms with E-state index in [0.29, 0.717) is 5.69 Å². The average Bonchev–Trinajstić information content (AvgIpc) is 2.65. The first-order chi connectivity index (χ1) is 14.4. The van der Waals surface area contributed by atoms with Crippen molar-refractivity contribution in [2.24, 2.45) is 16.5 Å². The number of hydrogen-bond acceptors (Lipinski definition) is 5. The zero-order chi connectivity index (χ0) is 23.3. The summed E-state index contributed by atoms with van der Waals surface area (Å²) in [5.74, 6) is -2.95. The van der Waals surface area contributed by atoms with Crippen LogP contribution in [0.5, 0.6) is 0 Å². The number of allylic oxidation sites excluding steroid dienone is 1. The predicted octanol–water partition coefficient (Wildman–Crippen LogP) is 3.76. The number of nitrogens with one attached hydrogen (secondary N) is 2. The van der Waals surface area contributed by atoms with E-state index >= 15 is 0 Å². The lowest BCUT2D eigenvalue weighted by Gasteiger charge is -2.36. The van der Waals surface area contributed by atoms with Gasteiger partial charge >= 0.3 is 6.36 Å². The van der Waals surface area contributed by atoms with Gasteiger partial charge in [-0.2, -0.15) is 0 Å². The third kappa shape index (κ3) is 6.59. The maximum absolute atomic E-state index is 13.2. The van der Waals surface area contributed by atoms with Gasteiger partial charge in [-0.3, -0.25) is 9.59 Å². The molecule has 2 amide bonds. The van der Waals surface area contributed by atoms with Crippen LogP contribution >= 0.6 is 0 Å². The Hall–Kier alpha value is -3.30. The fourth-order valence-electron chi connectivity index (χ4n) is 2.97. The molecular formula is C21H24F3N3O4. The van der Waals surface area contributed by atoms with E-state index in [1.165, 1.54) is 26.3 Å². The highest BCUT2D eigenvalue weighted by Crippen LogP contribution is 2.39. The summed E-state index contributed by atoms with van der Waals surface area (Å²) in [7, 11) is 1.33. The van der Waals surface area contributed by atoms with Crippen LogP contribution in [-0.2, 0) is 19.2 Å². The van der Waals surface area contributed by atoms with Gasteiger partial charge in [-0.05, 0) is 45.1 Å². The number of amides is 2. The van der Waals surface area contributed by atoms with Crippen molar-refractivity contribution >= 4 is 23.7 Å². The molecule has 2 unspecified atom stereocenters. The summed E-state index contributed by atoms with van der Waals surface area (Å²) in [6.07, 6.45) is -0.390. The summed E-state index contributed by atoms with van der Waals surface area (Å²) in [5.41, 5.74) is -2.21. The first-order valence-electron chi connectivity index (χ1n) is 9.29. The van der Waals surface area contributed by atoms with Crippen molar-refractivity contribution < 1.29 is 32.3 Å². The summed E-state index contributed by atoms with van der Waals surface area (Å²) < 4.78 is 42.2. The molecule has 0 saturated heterocycles. The highest BCUT2D eigenvalue weighted by Gasteiger charge is 2.47. The number of nitrogens with zero attached hydrogens (tertiary/aromatic N) is 1. The number of halogens is 3. The molecule has 31 heavy (non-hydrogen) atoms. The first-order valence-corrected chi connectivity index (χ1v) is 9.29. The Bertz CT molecular complexity index is 895. The van der Waals surface area contributed by atoms with Gasteiger partial charge in [0.25, 0.3) is 0 Å². The highest BCUT2D eigenvalue weighted by atomic mass is 19.4. The van der Waals surface area contributed by atoms with Gasteiger partial charge in [0.15, 0.2) is 0 Å². The zero-order valence-corrected chi connectivity index (χ0v) is 17.5. The number of ether oxygens (including phenoxy) is 1. The number of para-hydroxylation sites is 1. The van der Waals surface area contributed by atoms with Crippen molar-refractivity contribution in [2.45, 2.75) is 32.7 Å². The number of oxime groups is 1. The molecule has 0 heterocycles. The number of carbonyl (C=O) groups is 2. The molecule has 1 aromatic carbocycles. The maximum atomic E-state index is 13.2. The molecule has 1 aromatic rings. The summed E-state index contributed by atoms with van der Waals surface area (Å²) >= 11 is 0. The van der Waals surface area contributed by atoms with Crippen LogP contribution in [0.15, 0.2) is 59.5 Å². The highest BCUT2D eigenvalue weighted by molar-refractivity contribution is 6.00. The van der Waals surface area contributed by atoms with Crippen LogP contribution in [0, 0.1) is 11.3 Å². The molecule has 2 atom stereocenters. The van der Waals surface area contributed by atoms with E-state index in [-0.39, 0.29) is 0 Å². The fraction of sp³-hybridized carbons (Fsp3) is 0.381. The molecule has 7 nitrogen and oxygen atoms in total. The lowest BCUT2D eigenvalue weighted by Crippen LogP contribution is -2.54. The molecule has 2 rings (SSSR count). The Morgan fingerprint density at radius 3 is 2.42 bits per heavy atom. The van der Waals surface area contributed by atoms with Crippen LogP contribution in [0.4, 0.5) is 18.9 Å². The van der Waals surface area contributed by atoms with Crippen molar-refractivity contribution in [1.29, 1.82) is 0 Å². The SMILES string of the molecule is CON=CC(C)(C)NC(=O)C1(C)C=C(OC(F)(F)F)C=CC1C(=O)Nc1ccccc1. The third-order valence-electron chi connectivity index (χ3n) is 4.50. The Labute approximate surface area is 178 Å². The molecule has 0 saturated carbocycles. The van der Waals surface area contributed by atoms with Gasteiger partial charge in [0.2, 0.25) is 11.8 Å². The van der Waals surface area contributed by atoms with E-state index in [4.69, 9.17) is 0 Å². The summed E-state index contributed by atoms with van der Waals surface area (Å²) in [6.45, 7) is 4.60. The predicted molar refractivity (Wildman–Crippen MR) is 109 cm³/mol. The summed E-state index contributed by atoms with van der Waals surface area (Å²) in [4.78, 5) is 30.7. The van der Waals surface area contributed by atoms with Crippen LogP contribution in [-0.4, -0.2) is 37.0 Å². The van der Waals surface area contributed by atoms with Crippen LogP contribution in [0.1, 0.15) is 20.8 Å². The topological polar surface area (TPSA) is 89.0 Å². The van der Waals surface area contributed by atoms with Gasteiger partial charge in [0.1, 0.15) is 12.9 Å². The molecule has 1 aliphatic carbocycles. The van der Waals surface area contributed by atoms with Gasteiger partial charge < -0.3 is 20.2 Å². The Morgan fingerprint density at radius 1 is 1.19 bits per heavy atom. The molecule has 168 valence electrons. The zero-order valence-electron chi connectivity index (χ0n) is 17.5. The normalized spacial score (nSPS) is 21.4. The van der Waals surface area contributed by atoms with Crippen LogP contribution in [0.25, 0.3) is 0 Å². The van der Waals surface area contributed by atoms with Crippen molar-refractivity contribution in [1.82, 2.24) is 5.32 Å². The first kappa shape index (κ1) is 24.0.